The molecule has 0 spiro atoms. The number of carbonyl (C=O) groups is 2. The van der Waals surface area contributed by atoms with Gasteiger partial charge >= 0.3 is 0 Å². The van der Waals surface area contributed by atoms with Gasteiger partial charge in [-0.05, 0) is 25.8 Å². The van der Waals surface area contributed by atoms with Crippen LogP contribution >= 0.6 is 0 Å². The van der Waals surface area contributed by atoms with Gasteiger partial charge in [0, 0.05) is 7.05 Å². The lowest BCUT2D eigenvalue weighted by molar-refractivity contribution is -0.159. The molecule has 1 aromatic rings. The summed E-state index contributed by atoms with van der Waals surface area (Å²) >= 11 is 0. The van der Waals surface area contributed by atoms with Crippen LogP contribution in [0.15, 0.2) is 30.3 Å². The maximum Gasteiger partial charge on any atom is 0.246 e. The van der Waals surface area contributed by atoms with E-state index in [0.717, 1.165) is 5.56 Å². The number of rotatable bonds is 1. The third-order valence-electron chi connectivity index (χ3n) is 5.03. The Morgan fingerprint density at radius 3 is 2.45 bits per heavy atom. The van der Waals surface area contributed by atoms with E-state index in [4.69, 9.17) is 0 Å². The Balaban J connectivity index is 2.13. The lowest BCUT2D eigenvalue weighted by Crippen LogP contribution is -2.60. The molecule has 4 atom stereocenters. The summed E-state index contributed by atoms with van der Waals surface area (Å²) in [5, 5.41) is 9.70. The van der Waals surface area contributed by atoms with Crippen LogP contribution < -0.4 is 0 Å². The zero-order valence-corrected chi connectivity index (χ0v) is 13.0. The first kappa shape index (κ1) is 14.6. The van der Waals surface area contributed by atoms with Crippen LogP contribution in [-0.4, -0.2) is 40.7 Å². The van der Waals surface area contributed by atoms with E-state index in [1.807, 2.05) is 37.3 Å². The lowest BCUT2D eigenvalue weighted by atomic mass is 9.79. The lowest BCUT2D eigenvalue weighted by Gasteiger charge is -2.42. The number of fused-ring (bicyclic) bond motifs is 1. The maximum atomic E-state index is 12.8. The summed E-state index contributed by atoms with van der Waals surface area (Å²) in [6.45, 7) is 3.58. The molecular weight excluding hydrogens is 278 g/mol. The molecule has 0 N–H and O–H groups in total. The van der Waals surface area contributed by atoms with E-state index in [-0.39, 0.29) is 17.9 Å². The number of benzene rings is 1. The largest absolute Gasteiger partial charge is 0.332 e. The highest BCUT2D eigenvalue weighted by atomic mass is 16.2. The van der Waals surface area contributed by atoms with Gasteiger partial charge in [0.15, 0.2) is 0 Å². The molecule has 0 bridgehead atoms. The minimum Gasteiger partial charge on any atom is -0.332 e. The third kappa shape index (κ3) is 1.83. The summed E-state index contributed by atoms with van der Waals surface area (Å²) in [7, 11) is 1.65. The zero-order chi connectivity index (χ0) is 16.1. The molecule has 0 aromatic heterocycles. The average molecular weight is 297 g/mol. The minimum absolute atomic E-state index is 0.0768. The van der Waals surface area contributed by atoms with Gasteiger partial charge in [0.05, 0.1) is 17.5 Å². The SMILES string of the molecule is C[C@@H]1C(=O)N2C(c3ccccc3)[C@@](C)(C#N)C[C@H]2C(=O)N1C. The van der Waals surface area contributed by atoms with Gasteiger partial charge in [0.25, 0.3) is 0 Å². The van der Waals surface area contributed by atoms with Crippen LogP contribution in [0.1, 0.15) is 31.9 Å². The van der Waals surface area contributed by atoms with Crippen molar-refractivity contribution in [1.29, 1.82) is 5.26 Å². The molecule has 0 radical (unpaired) electrons. The topological polar surface area (TPSA) is 64.4 Å². The highest BCUT2D eigenvalue weighted by molar-refractivity contribution is 5.97. The molecule has 2 aliphatic rings. The number of likely N-dealkylation sites (N-methyl/N-ethyl adjacent to an activating group) is 1. The van der Waals surface area contributed by atoms with Crippen molar-refractivity contribution in [2.24, 2.45) is 5.41 Å². The van der Waals surface area contributed by atoms with E-state index in [0.29, 0.717) is 6.42 Å². The van der Waals surface area contributed by atoms with Crippen molar-refractivity contribution in [2.75, 3.05) is 7.05 Å². The van der Waals surface area contributed by atoms with Crippen molar-refractivity contribution >= 4 is 11.8 Å². The van der Waals surface area contributed by atoms with Crippen LogP contribution in [0.2, 0.25) is 0 Å². The second kappa shape index (κ2) is 4.84. The number of piperazine rings is 1. The Bertz CT molecular complexity index is 666. The first-order valence-corrected chi connectivity index (χ1v) is 7.46. The maximum absolute atomic E-state index is 12.8. The Kier molecular flexibility index (Phi) is 3.21. The number of amides is 2. The monoisotopic (exact) mass is 297 g/mol. The third-order valence-corrected chi connectivity index (χ3v) is 5.03. The summed E-state index contributed by atoms with van der Waals surface area (Å²) in [4.78, 5) is 28.5. The molecule has 2 aliphatic heterocycles. The molecule has 22 heavy (non-hydrogen) atoms. The van der Waals surface area contributed by atoms with Gasteiger partial charge in [-0.1, -0.05) is 30.3 Å². The van der Waals surface area contributed by atoms with Crippen LogP contribution in [0.5, 0.6) is 0 Å². The molecule has 2 fully saturated rings. The van der Waals surface area contributed by atoms with Gasteiger partial charge in [0.1, 0.15) is 12.1 Å². The van der Waals surface area contributed by atoms with E-state index >= 15 is 0 Å². The Morgan fingerprint density at radius 2 is 1.86 bits per heavy atom. The predicted molar refractivity (Wildman–Crippen MR) is 80.4 cm³/mol. The van der Waals surface area contributed by atoms with E-state index < -0.39 is 17.5 Å². The zero-order valence-electron chi connectivity index (χ0n) is 13.0. The van der Waals surface area contributed by atoms with Crippen molar-refractivity contribution in [3.8, 4) is 6.07 Å². The second-order valence-electron chi connectivity index (χ2n) is 6.43. The Hall–Kier alpha value is -2.35. The average Bonchev–Trinajstić information content (AvgIpc) is 2.86. The number of nitriles is 1. The Labute approximate surface area is 130 Å². The van der Waals surface area contributed by atoms with E-state index in [2.05, 4.69) is 6.07 Å². The molecule has 2 amide bonds. The van der Waals surface area contributed by atoms with Crippen molar-refractivity contribution < 1.29 is 9.59 Å². The van der Waals surface area contributed by atoms with E-state index in [9.17, 15) is 14.9 Å². The molecule has 3 rings (SSSR count). The Morgan fingerprint density at radius 1 is 1.23 bits per heavy atom. The van der Waals surface area contributed by atoms with Crippen LogP contribution in [0.25, 0.3) is 0 Å². The van der Waals surface area contributed by atoms with Crippen LogP contribution in [0.4, 0.5) is 0 Å². The van der Waals surface area contributed by atoms with Gasteiger partial charge in [-0.3, -0.25) is 9.59 Å². The quantitative estimate of drug-likeness (QED) is 0.793. The van der Waals surface area contributed by atoms with Crippen LogP contribution in [0.3, 0.4) is 0 Å². The summed E-state index contributed by atoms with van der Waals surface area (Å²) in [5.41, 5.74) is 0.148. The molecular formula is C17H19N3O2. The number of hydrogen-bond acceptors (Lipinski definition) is 3. The fourth-order valence-electron chi connectivity index (χ4n) is 3.66. The van der Waals surface area contributed by atoms with Gasteiger partial charge in [-0.2, -0.15) is 5.26 Å². The molecule has 2 heterocycles. The molecule has 5 heteroatoms. The molecule has 0 saturated carbocycles. The van der Waals surface area contributed by atoms with Gasteiger partial charge < -0.3 is 9.80 Å². The standard InChI is InChI=1S/C17H19N3O2/c1-11-15(21)20-13(16(22)19(11)3)9-17(2,10-18)14(20)12-7-5-4-6-8-12/h4-8,11,13-14H,9H2,1-3H3/t11-,13+,14?,17-/m1/s1. The second-order valence-corrected chi connectivity index (χ2v) is 6.43. The number of carbonyl (C=O) groups excluding carboxylic acids is 2. The van der Waals surface area contributed by atoms with Gasteiger partial charge in [-0.15, -0.1) is 0 Å². The van der Waals surface area contributed by atoms with Crippen molar-refractivity contribution in [2.45, 2.75) is 38.4 Å². The molecule has 1 aromatic carbocycles. The van der Waals surface area contributed by atoms with E-state index in [1.54, 1.807) is 18.9 Å². The number of nitrogens with zero attached hydrogens (tertiary/aromatic N) is 3. The van der Waals surface area contributed by atoms with Crippen LogP contribution in [0, 0.1) is 16.7 Å². The van der Waals surface area contributed by atoms with Crippen molar-refractivity contribution in [3.63, 3.8) is 0 Å². The summed E-state index contributed by atoms with van der Waals surface area (Å²) in [6, 6.07) is 10.5. The fraction of sp³-hybridized carbons (Fsp3) is 0.471. The highest BCUT2D eigenvalue weighted by Gasteiger charge is 2.58. The van der Waals surface area contributed by atoms with Gasteiger partial charge in [0.2, 0.25) is 11.8 Å². The van der Waals surface area contributed by atoms with E-state index in [1.165, 1.54) is 4.90 Å². The smallest absolute Gasteiger partial charge is 0.246 e. The van der Waals surface area contributed by atoms with Gasteiger partial charge in [-0.25, -0.2) is 0 Å². The fourth-order valence-corrected chi connectivity index (χ4v) is 3.66. The number of hydrogen-bond donors (Lipinski definition) is 0. The van der Waals surface area contributed by atoms with Crippen LogP contribution in [-0.2, 0) is 9.59 Å². The highest BCUT2D eigenvalue weighted by Crippen LogP contribution is 2.51. The normalized spacial score (nSPS) is 34.5. The molecule has 1 unspecified atom stereocenters. The molecule has 114 valence electrons. The van der Waals surface area contributed by atoms with Crippen molar-refractivity contribution in [3.05, 3.63) is 35.9 Å². The molecule has 5 nitrogen and oxygen atoms in total. The summed E-state index contributed by atoms with van der Waals surface area (Å²) in [6.07, 6.45) is 0.380. The first-order valence-electron chi connectivity index (χ1n) is 7.46. The minimum atomic E-state index is -0.762. The molecule has 2 saturated heterocycles. The van der Waals surface area contributed by atoms with Crippen molar-refractivity contribution in [1.82, 2.24) is 9.80 Å². The summed E-state index contributed by atoms with van der Waals surface area (Å²) in [5.74, 6) is -0.160. The predicted octanol–water partition coefficient (Wildman–Crippen LogP) is 1.72. The first-order chi connectivity index (χ1) is 10.4. The molecule has 0 aliphatic carbocycles. The summed E-state index contributed by atoms with van der Waals surface area (Å²) < 4.78 is 0.